The summed E-state index contributed by atoms with van der Waals surface area (Å²) in [5.41, 5.74) is 7.03. The molecule has 0 bridgehead atoms. The molecule has 2 aromatic rings. The number of nitrogens with zero attached hydrogens (tertiary/aromatic N) is 1. The van der Waals surface area contributed by atoms with Crippen molar-refractivity contribution in [2.75, 3.05) is 6.61 Å². The van der Waals surface area contributed by atoms with E-state index in [0.717, 1.165) is 16.3 Å². The number of rotatable bonds is 6. The summed E-state index contributed by atoms with van der Waals surface area (Å²) in [6, 6.07) is 7.70. The monoisotopic (exact) mass is 305 g/mol. The quantitative estimate of drug-likeness (QED) is 0.857. The first-order valence-corrected chi connectivity index (χ1v) is 7.61. The molecule has 6 heteroatoms. The van der Waals surface area contributed by atoms with Crippen molar-refractivity contribution < 1.29 is 9.53 Å². The van der Waals surface area contributed by atoms with Crippen molar-refractivity contribution in [3.05, 3.63) is 45.9 Å². The molecule has 5 nitrogen and oxygen atoms in total. The first kappa shape index (κ1) is 15.5. The number of thiazole rings is 1. The van der Waals surface area contributed by atoms with E-state index < -0.39 is 0 Å². The highest BCUT2D eigenvalue weighted by molar-refractivity contribution is 7.09. The molecular formula is C15H19N3O2S. The average molecular weight is 305 g/mol. The van der Waals surface area contributed by atoms with E-state index in [1.54, 1.807) is 5.38 Å². The van der Waals surface area contributed by atoms with E-state index in [4.69, 9.17) is 10.5 Å². The van der Waals surface area contributed by atoms with Crippen molar-refractivity contribution in [3.63, 3.8) is 0 Å². The van der Waals surface area contributed by atoms with Crippen LogP contribution in [0.3, 0.4) is 0 Å². The topological polar surface area (TPSA) is 77.2 Å². The molecule has 0 aliphatic heterocycles. The van der Waals surface area contributed by atoms with E-state index in [0.29, 0.717) is 18.8 Å². The van der Waals surface area contributed by atoms with E-state index in [-0.39, 0.29) is 11.9 Å². The first-order chi connectivity index (χ1) is 10.1. The molecule has 1 atom stereocenters. The Kier molecular flexibility index (Phi) is 5.30. The molecule has 1 aromatic heterocycles. The summed E-state index contributed by atoms with van der Waals surface area (Å²) in [6.45, 7) is 4.66. The number of hydrogen-bond donors (Lipinski definition) is 2. The molecule has 0 saturated heterocycles. The van der Waals surface area contributed by atoms with Gasteiger partial charge in [-0.15, -0.1) is 11.3 Å². The first-order valence-electron chi connectivity index (χ1n) is 6.73. The van der Waals surface area contributed by atoms with Gasteiger partial charge in [0.05, 0.1) is 6.04 Å². The second kappa shape index (κ2) is 7.19. The van der Waals surface area contributed by atoms with Gasteiger partial charge in [0.25, 0.3) is 5.91 Å². The molecular weight excluding hydrogens is 286 g/mol. The molecule has 2 rings (SSSR count). The number of amides is 1. The maximum absolute atomic E-state index is 12.0. The van der Waals surface area contributed by atoms with E-state index in [1.165, 1.54) is 11.3 Å². The van der Waals surface area contributed by atoms with E-state index >= 15 is 0 Å². The second-order valence-corrected chi connectivity index (χ2v) is 5.78. The smallest absolute Gasteiger partial charge is 0.271 e. The third kappa shape index (κ3) is 4.54. The number of benzene rings is 1. The molecule has 0 fully saturated rings. The predicted octanol–water partition coefficient (Wildman–Crippen LogP) is 2.11. The van der Waals surface area contributed by atoms with Crippen molar-refractivity contribution in [2.24, 2.45) is 5.73 Å². The van der Waals surface area contributed by atoms with Crippen LogP contribution in [0, 0.1) is 6.92 Å². The SMILES string of the molecule is Cc1cccc(OCC(C)NC(=O)c2csc(CN)n2)c1. The van der Waals surface area contributed by atoms with Gasteiger partial charge in [0.1, 0.15) is 23.1 Å². The minimum absolute atomic E-state index is 0.110. The largest absolute Gasteiger partial charge is 0.491 e. The molecule has 112 valence electrons. The van der Waals surface area contributed by atoms with E-state index in [2.05, 4.69) is 10.3 Å². The van der Waals surface area contributed by atoms with E-state index in [9.17, 15) is 4.79 Å². The molecule has 21 heavy (non-hydrogen) atoms. The van der Waals surface area contributed by atoms with Gasteiger partial charge in [-0.05, 0) is 31.5 Å². The van der Waals surface area contributed by atoms with Gasteiger partial charge in [0.15, 0.2) is 0 Å². The number of ether oxygens (including phenoxy) is 1. The third-order valence-corrected chi connectivity index (χ3v) is 3.70. The van der Waals surface area contributed by atoms with Crippen LogP contribution in [0.15, 0.2) is 29.6 Å². The number of carbonyl (C=O) groups excluding carboxylic acids is 1. The number of nitrogens with two attached hydrogens (primary N) is 1. The summed E-state index contributed by atoms with van der Waals surface area (Å²) >= 11 is 1.39. The van der Waals surface area contributed by atoms with Crippen LogP contribution in [0.25, 0.3) is 0 Å². The summed E-state index contributed by atoms with van der Waals surface area (Å²) < 4.78 is 5.66. The highest BCUT2D eigenvalue weighted by Gasteiger charge is 2.13. The van der Waals surface area contributed by atoms with Gasteiger partial charge in [-0.25, -0.2) is 4.98 Å². The van der Waals surface area contributed by atoms with Crippen LogP contribution in [-0.2, 0) is 6.54 Å². The fourth-order valence-corrected chi connectivity index (χ4v) is 2.43. The molecule has 3 N–H and O–H groups in total. The zero-order valence-corrected chi connectivity index (χ0v) is 12.9. The fourth-order valence-electron chi connectivity index (χ4n) is 1.77. The Morgan fingerprint density at radius 1 is 1.52 bits per heavy atom. The molecule has 0 aliphatic rings. The number of hydrogen-bond acceptors (Lipinski definition) is 5. The Morgan fingerprint density at radius 3 is 3.00 bits per heavy atom. The predicted molar refractivity (Wildman–Crippen MR) is 83.6 cm³/mol. The van der Waals surface area contributed by atoms with E-state index in [1.807, 2.05) is 38.1 Å². The van der Waals surface area contributed by atoms with Gasteiger partial charge >= 0.3 is 0 Å². The van der Waals surface area contributed by atoms with Gasteiger partial charge in [-0.3, -0.25) is 4.79 Å². The van der Waals surface area contributed by atoms with Crippen molar-refractivity contribution in [1.82, 2.24) is 10.3 Å². The number of nitrogens with one attached hydrogen (secondary N) is 1. The van der Waals surface area contributed by atoms with Crippen LogP contribution < -0.4 is 15.8 Å². The Morgan fingerprint density at radius 2 is 2.33 bits per heavy atom. The molecule has 1 unspecified atom stereocenters. The van der Waals surface area contributed by atoms with Crippen LogP contribution in [0.1, 0.15) is 28.0 Å². The Labute approximate surface area is 128 Å². The lowest BCUT2D eigenvalue weighted by molar-refractivity contribution is 0.0922. The van der Waals surface area contributed by atoms with Crippen molar-refractivity contribution in [2.45, 2.75) is 26.4 Å². The van der Waals surface area contributed by atoms with Crippen LogP contribution in [0.5, 0.6) is 5.75 Å². The zero-order chi connectivity index (χ0) is 15.2. The van der Waals surface area contributed by atoms with Crippen molar-refractivity contribution in [3.8, 4) is 5.75 Å². The summed E-state index contributed by atoms with van der Waals surface area (Å²) in [4.78, 5) is 16.1. The molecule has 0 spiro atoms. The molecule has 1 amide bonds. The van der Waals surface area contributed by atoms with Crippen LogP contribution in [0.2, 0.25) is 0 Å². The van der Waals surface area contributed by atoms with Gasteiger partial charge in [0, 0.05) is 11.9 Å². The highest BCUT2D eigenvalue weighted by Crippen LogP contribution is 2.13. The lowest BCUT2D eigenvalue weighted by Crippen LogP contribution is -2.37. The summed E-state index contributed by atoms with van der Waals surface area (Å²) in [7, 11) is 0. The normalized spacial score (nSPS) is 12.0. The fraction of sp³-hybridized carbons (Fsp3) is 0.333. The standard InChI is InChI=1S/C15H19N3O2S/c1-10-4-3-5-12(6-10)20-8-11(2)17-15(19)13-9-21-14(7-16)18-13/h3-6,9,11H,7-8,16H2,1-2H3,(H,17,19). The Hall–Kier alpha value is -1.92. The van der Waals surface area contributed by atoms with Crippen LogP contribution in [-0.4, -0.2) is 23.5 Å². The number of aromatic nitrogens is 1. The van der Waals surface area contributed by atoms with Gasteiger partial charge < -0.3 is 15.8 Å². The minimum atomic E-state index is -0.203. The number of aryl methyl sites for hydroxylation is 1. The Bertz CT molecular complexity index is 612. The average Bonchev–Trinajstić information content (AvgIpc) is 2.94. The third-order valence-electron chi connectivity index (χ3n) is 2.83. The van der Waals surface area contributed by atoms with Crippen LogP contribution in [0.4, 0.5) is 0 Å². The summed E-state index contributed by atoms with van der Waals surface area (Å²) in [5.74, 6) is 0.599. The van der Waals surface area contributed by atoms with Crippen molar-refractivity contribution in [1.29, 1.82) is 0 Å². The van der Waals surface area contributed by atoms with Crippen molar-refractivity contribution >= 4 is 17.2 Å². The summed E-state index contributed by atoms with van der Waals surface area (Å²) in [6.07, 6.45) is 0. The van der Waals surface area contributed by atoms with Gasteiger partial charge in [-0.2, -0.15) is 0 Å². The van der Waals surface area contributed by atoms with Gasteiger partial charge in [-0.1, -0.05) is 12.1 Å². The molecule has 0 aliphatic carbocycles. The minimum Gasteiger partial charge on any atom is -0.491 e. The lowest BCUT2D eigenvalue weighted by Gasteiger charge is -2.14. The molecule has 0 saturated carbocycles. The molecule has 0 radical (unpaired) electrons. The zero-order valence-electron chi connectivity index (χ0n) is 12.1. The van der Waals surface area contributed by atoms with Crippen LogP contribution >= 0.6 is 11.3 Å². The maximum Gasteiger partial charge on any atom is 0.271 e. The molecule has 1 heterocycles. The lowest BCUT2D eigenvalue weighted by atomic mass is 10.2. The summed E-state index contributed by atoms with van der Waals surface area (Å²) in [5, 5.41) is 5.33. The Balaban J connectivity index is 1.83. The maximum atomic E-state index is 12.0. The number of carbonyl (C=O) groups is 1. The van der Waals surface area contributed by atoms with Gasteiger partial charge in [0.2, 0.25) is 0 Å². The molecule has 1 aromatic carbocycles. The highest BCUT2D eigenvalue weighted by atomic mass is 32.1. The second-order valence-electron chi connectivity index (χ2n) is 4.83.